The van der Waals surface area contributed by atoms with E-state index in [1.807, 2.05) is 12.1 Å². The molecule has 1 N–H and O–H groups in total. The maximum Gasteiger partial charge on any atom is 0.138 e. The van der Waals surface area contributed by atoms with Crippen LogP contribution in [0.3, 0.4) is 0 Å². The highest BCUT2D eigenvalue weighted by atomic mass is 79.9. The standard InChI is InChI=1S/C14H20BrNO2/c1-2-7-16-9-11-4-3-5-13(15)14(11)18-12-6-8-17-10-12/h3-5,12,16H,2,6-10H2,1H3. The van der Waals surface area contributed by atoms with Crippen LogP contribution in [0.1, 0.15) is 25.3 Å². The molecule has 1 atom stereocenters. The lowest BCUT2D eigenvalue weighted by molar-refractivity contribution is 0.140. The largest absolute Gasteiger partial charge is 0.486 e. The number of ether oxygens (including phenoxy) is 2. The number of benzene rings is 1. The molecule has 0 aromatic heterocycles. The van der Waals surface area contributed by atoms with Crippen molar-refractivity contribution in [2.75, 3.05) is 19.8 Å². The van der Waals surface area contributed by atoms with E-state index in [2.05, 4.69) is 34.2 Å². The third kappa shape index (κ3) is 3.70. The first kappa shape index (κ1) is 13.8. The maximum atomic E-state index is 6.06. The predicted molar refractivity (Wildman–Crippen MR) is 76.0 cm³/mol. The second-order valence-electron chi connectivity index (χ2n) is 4.51. The Morgan fingerprint density at radius 2 is 2.39 bits per heavy atom. The van der Waals surface area contributed by atoms with Crippen LogP contribution in [0.4, 0.5) is 0 Å². The van der Waals surface area contributed by atoms with Crippen molar-refractivity contribution in [2.45, 2.75) is 32.4 Å². The van der Waals surface area contributed by atoms with Gasteiger partial charge in [-0.3, -0.25) is 0 Å². The van der Waals surface area contributed by atoms with Crippen molar-refractivity contribution < 1.29 is 9.47 Å². The monoisotopic (exact) mass is 313 g/mol. The van der Waals surface area contributed by atoms with Gasteiger partial charge in [-0.05, 0) is 35.0 Å². The minimum Gasteiger partial charge on any atom is -0.486 e. The molecular formula is C14H20BrNO2. The van der Waals surface area contributed by atoms with E-state index in [-0.39, 0.29) is 6.10 Å². The van der Waals surface area contributed by atoms with Crippen LogP contribution in [0.5, 0.6) is 5.75 Å². The van der Waals surface area contributed by atoms with Crippen molar-refractivity contribution >= 4 is 15.9 Å². The van der Waals surface area contributed by atoms with Gasteiger partial charge in [-0.1, -0.05) is 19.1 Å². The first-order valence-electron chi connectivity index (χ1n) is 6.53. The van der Waals surface area contributed by atoms with Crippen LogP contribution in [0.25, 0.3) is 0 Å². The summed E-state index contributed by atoms with van der Waals surface area (Å²) in [5.74, 6) is 0.955. The molecule has 1 heterocycles. The van der Waals surface area contributed by atoms with Gasteiger partial charge in [0.15, 0.2) is 0 Å². The lowest BCUT2D eigenvalue weighted by atomic mass is 10.2. The van der Waals surface area contributed by atoms with Crippen LogP contribution in [-0.4, -0.2) is 25.9 Å². The molecule has 0 spiro atoms. The van der Waals surface area contributed by atoms with Gasteiger partial charge in [-0.15, -0.1) is 0 Å². The molecule has 18 heavy (non-hydrogen) atoms. The van der Waals surface area contributed by atoms with E-state index in [1.165, 1.54) is 5.56 Å². The summed E-state index contributed by atoms with van der Waals surface area (Å²) in [6.07, 6.45) is 2.30. The van der Waals surface area contributed by atoms with Gasteiger partial charge >= 0.3 is 0 Å². The van der Waals surface area contributed by atoms with Crippen LogP contribution in [-0.2, 0) is 11.3 Å². The molecule has 1 unspecified atom stereocenters. The summed E-state index contributed by atoms with van der Waals surface area (Å²) in [4.78, 5) is 0. The number of para-hydroxylation sites is 1. The van der Waals surface area contributed by atoms with Gasteiger partial charge in [0.05, 0.1) is 17.7 Å². The molecule has 0 radical (unpaired) electrons. The quantitative estimate of drug-likeness (QED) is 0.819. The molecule has 0 aliphatic carbocycles. The molecule has 1 aliphatic heterocycles. The normalized spacial score (nSPS) is 19.1. The molecule has 4 heteroatoms. The van der Waals surface area contributed by atoms with Gasteiger partial charge in [0.1, 0.15) is 11.9 Å². The highest BCUT2D eigenvalue weighted by Gasteiger charge is 2.19. The first-order chi connectivity index (χ1) is 8.81. The summed E-state index contributed by atoms with van der Waals surface area (Å²) < 4.78 is 12.4. The van der Waals surface area contributed by atoms with Crippen LogP contribution in [0.15, 0.2) is 22.7 Å². The number of halogens is 1. The Labute approximate surface area is 117 Å². The topological polar surface area (TPSA) is 30.5 Å². The van der Waals surface area contributed by atoms with E-state index in [1.54, 1.807) is 0 Å². The fourth-order valence-electron chi connectivity index (χ4n) is 2.00. The molecule has 1 saturated heterocycles. The van der Waals surface area contributed by atoms with Crippen molar-refractivity contribution in [1.82, 2.24) is 5.32 Å². The zero-order valence-electron chi connectivity index (χ0n) is 10.7. The van der Waals surface area contributed by atoms with Crippen LogP contribution >= 0.6 is 15.9 Å². The van der Waals surface area contributed by atoms with E-state index in [4.69, 9.17) is 9.47 Å². The molecule has 1 fully saturated rings. The molecule has 0 saturated carbocycles. The molecule has 1 aliphatic rings. The zero-order valence-corrected chi connectivity index (χ0v) is 12.3. The van der Waals surface area contributed by atoms with Crippen molar-refractivity contribution in [1.29, 1.82) is 0 Å². The van der Waals surface area contributed by atoms with Crippen LogP contribution in [0.2, 0.25) is 0 Å². The van der Waals surface area contributed by atoms with Gasteiger partial charge in [0, 0.05) is 18.5 Å². The zero-order chi connectivity index (χ0) is 12.8. The Bertz CT molecular complexity index is 378. The number of hydrogen-bond donors (Lipinski definition) is 1. The minimum atomic E-state index is 0.189. The number of hydrogen-bond acceptors (Lipinski definition) is 3. The minimum absolute atomic E-state index is 0.189. The van der Waals surface area contributed by atoms with Crippen LogP contribution < -0.4 is 10.1 Å². The van der Waals surface area contributed by atoms with Crippen LogP contribution in [0, 0.1) is 0 Å². The van der Waals surface area contributed by atoms with Crippen molar-refractivity contribution in [2.24, 2.45) is 0 Å². The lowest BCUT2D eigenvalue weighted by Crippen LogP contribution is -2.19. The molecule has 1 aromatic carbocycles. The molecule has 0 bridgehead atoms. The fourth-order valence-corrected chi connectivity index (χ4v) is 2.50. The number of nitrogens with one attached hydrogen (secondary N) is 1. The first-order valence-corrected chi connectivity index (χ1v) is 7.33. The molecule has 2 rings (SSSR count). The Hall–Kier alpha value is -0.580. The van der Waals surface area contributed by atoms with E-state index in [0.29, 0.717) is 6.61 Å². The van der Waals surface area contributed by atoms with E-state index < -0.39 is 0 Å². The van der Waals surface area contributed by atoms with E-state index in [9.17, 15) is 0 Å². The summed E-state index contributed by atoms with van der Waals surface area (Å²) in [7, 11) is 0. The molecule has 0 amide bonds. The third-order valence-electron chi connectivity index (χ3n) is 2.96. The Morgan fingerprint density at radius 3 is 3.11 bits per heavy atom. The molecule has 100 valence electrons. The van der Waals surface area contributed by atoms with Crippen molar-refractivity contribution in [3.63, 3.8) is 0 Å². The maximum absolute atomic E-state index is 6.06. The number of rotatable bonds is 6. The smallest absolute Gasteiger partial charge is 0.138 e. The second-order valence-corrected chi connectivity index (χ2v) is 5.36. The highest BCUT2D eigenvalue weighted by Crippen LogP contribution is 2.31. The van der Waals surface area contributed by atoms with Gasteiger partial charge in [-0.25, -0.2) is 0 Å². The van der Waals surface area contributed by atoms with Gasteiger partial charge in [-0.2, -0.15) is 0 Å². The summed E-state index contributed by atoms with van der Waals surface area (Å²) >= 11 is 3.57. The molecule has 3 nitrogen and oxygen atoms in total. The van der Waals surface area contributed by atoms with E-state index >= 15 is 0 Å². The fraction of sp³-hybridized carbons (Fsp3) is 0.571. The average molecular weight is 314 g/mol. The SMILES string of the molecule is CCCNCc1cccc(Br)c1OC1CCOC1. The van der Waals surface area contributed by atoms with Crippen molar-refractivity contribution in [3.8, 4) is 5.75 Å². The average Bonchev–Trinajstić information content (AvgIpc) is 2.86. The van der Waals surface area contributed by atoms with E-state index in [0.717, 1.165) is 42.8 Å². The summed E-state index contributed by atoms with van der Waals surface area (Å²) in [5.41, 5.74) is 1.20. The summed E-state index contributed by atoms with van der Waals surface area (Å²) in [5, 5.41) is 3.41. The lowest BCUT2D eigenvalue weighted by Gasteiger charge is -2.17. The Balaban J connectivity index is 2.05. The van der Waals surface area contributed by atoms with Crippen molar-refractivity contribution in [3.05, 3.63) is 28.2 Å². The highest BCUT2D eigenvalue weighted by molar-refractivity contribution is 9.10. The summed E-state index contributed by atoms with van der Waals surface area (Å²) in [6, 6.07) is 6.18. The van der Waals surface area contributed by atoms with Gasteiger partial charge < -0.3 is 14.8 Å². The predicted octanol–water partition coefficient (Wildman–Crippen LogP) is 3.12. The second kappa shape index (κ2) is 7.12. The molecule has 1 aromatic rings. The van der Waals surface area contributed by atoms with Gasteiger partial charge in [0.25, 0.3) is 0 Å². The third-order valence-corrected chi connectivity index (χ3v) is 3.59. The Morgan fingerprint density at radius 1 is 1.50 bits per heavy atom. The molecular weight excluding hydrogens is 294 g/mol. The van der Waals surface area contributed by atoms with Gasteiger partial charge in [0.2, 0.25) is 0 Å². The summed E-state index contributed by atoms with van der Waals surface area (Å²) in [6.45, 7) is 5.54. The Kier molecular flexibility index (Phi) is 5.47.